The van der Waals surface area contributed by atoms with Gasteiger partial charge in [0.1, 0.15) is 18.1 Å². The minimum Gasteiger partial charge on any atom is -0.459 e. The van der Waals surface area contributed by atoms with Crippen molar-refractivity contribution in [2.75, 3.05) is 6.61 Å². The van der Waals surface area contributed by atoms with Crippen LogP contribution >= 0.6 is 11.8 Å². The van der Waals surface area contributed by atoms with Crippen LogP contribution in [0.25, 0.3) is 0 Å². The number of benzene rings is 5. The fraction of sp³-hybridized carbons (Fsp3) is 0.171. The first-order valence-electron chi connectivity index (χ1n) is 16.2. The van der Waals surface area contributed by atoms with E-state index in [0.717, 1.165) is 10.5 Å². The summed E-state index contributed by atoms with van der Waals surface area (Å²) in [5.74, 6) is -2.84. The van der Waals surface area contributed by atoms with E-state index in [9.17, 15) is 19.2 Å². The van der Waals surface area contributed by atoms with Gasteiger partial charge in [-0.2, -0.15) is 0 Å². The molecule has 1 aliphatic rings. The molecule has 0 aliphatic carbocycles. The molecule has 5 aromatic carbocycles. The summed E-state index contributed by atoms with van der Waals surface area (Å²) >= 11 is 1.23. The van der Waals surface area contributed by atoms with Gasteiger partial charge in [-0.05, 0) is 67.6 Å². The number of rotatable bonds is 11. The Balaban J connectivity index is 1.41. The number of ether oxygens (including phenoxy) is 5. The van der Waals surface area contributed by atoms with Crippen LogP contribution in [0.2, 0.25) is 0 Å². The number of thioether (sulfide) groups is 1. The summed E-state index contributed by atoms with van der Waals surface area (Å²) < 4.78 is 30.6. The molecule has 0 amide bonds. The van der Waals surface area contributed by atoms with Crippen molar-refractivity contribution < 1.29 is 42.9 Å². The highest BCUT2D eigenvalue weighted by atomic mass is 32.2. The summed E-state index contributed by atoms with van der Waals surface area (Å²) in [7, 11) is 0. The molecule has 0 bridgehead atoms. The third kappa shape index (κ3) is 9.10. The molecule has 1 aliphatic heterocycles. The van der Waals surface area contributed by atoms with E-state index < -0.39 is 53.7 Å². The lowest BCUT2D eigenvalue weighted by Crippen LogP contribution is -2.61. The van der Waals surface area contributed by atoms with Crippen molar-refractivity contribution in [2.24, 2.45) is 0 Å². The maximum Gasteiger partial charge on any atom is 0.338 e. The molecule has 0 spiro atoms. The molecule has 0 aromatic heterocycles. The van der Waals surface area contributed by atoms with Gasteiger partial charge in [-0.1, -0.05) is 102 Å². The first-order valence-corrected chi connectivity index (χ1v) is 17.1. The van der Waals surface area contributed by atoms with Gasteiger partial charge in [0, 0.05) is 4.90 Å². The van der Waals surface area contributed by atoms with Gasteiger partial charge in [-0.15, -0.1) is 0 Å². The standard InChI is InChI=1S/C41H34O9S/c1-27-22-24-32(25-23-27)51-41-36(50-40(45)31-20-12-5-13-21-31)35(49-39(44)30-18-10-4-11-19-30)34(48-38(43)29-16-8-3-9-17-29)33(47-41)26-46-37(42)28-14-6-2-7-15-28/h2-25,33-36,41H,26H2,1H3/t33-,34-,35+,36-,41-/m1/s1. The van der Waals surface area contributed by atoms with Gasteiger partial charge in [-0.25, -0.2) is 19.2 Å². The van der Waals surface area contributed by atoms with Crippen LogP contribution in [0.1, 0.15) is 47.0 Å². The van der Waals surface area contributed by atoms with Crippen molar-refractivity contribution in [1.82, 2.24) is 0 Å². The monoisotopic (exact) mass is 702 g/mol. The summed E-state index contributed by atoms with van der Waals surface area (Å²) in [4.78, 5) is 54.9. The van der Waals surface area contributed by atoms with Crippen LogP contribution in [0.3, 0.4) is 0 Å². The van der Waals surface area contributed by atoms with E-state index in [4.69, 9.17) is 23.7 Å². The summed E-state index contributed by atoms with van der Waals surface area (Å²) in [6, 6.07) is 40.9. The number of hydrogen-bond acceptors (Lipinski definition) is 10. The zero-order valence-electron chi connectivity index (χ0n) is 27.5. The second-order valence-corrected chi connectivity index (χ2v) is 12.8. The lowest BCUT2D eigenvalue weighted by molar-refractivity contribution is -0.207. The molecule has 51 heavy (non-hydrogen) atoms. The number of esters is 4. The molecule has 5 aromatic rings. The van der Waals surface area contributed by atoms with Gasteiger partial charge < -0.3 is 23.7 Å². The fourth-order valence-electron chi connectivity index (χ4n) is 5.37. The summed E-state index contributed by atoms with van der Waals surface area (Å²) in [6.07, 6.45) is -5.26. The van der Waals surface area contributed by atoms with Crippen molar-refractivity contribution in [3.63, 3.8) is 0 Å². The van der Waals surface area contributed by atoms with Crippen LogP contribution in [0.15, 0.2) is 150 Å². The van der Waals surface area contributed by atoms with Crippen molar-refractivity contribution in [2.45, 2.75) is 41.7 Å². The highest BCUT2D eigenvalue weighted by Gasteiger charge is 2.53. The summed E-state index contributed by atoms with van der Waals surface area (Å²) in [6.45, 7) is 1.57. The Hall–Kier alpha value is -5.71. The molecule has 6 rings (SSSR count). The average molecular weight is 703 g/mol. The van der Waals surface area contributed by atoms with Crippen LogP contribution in [-0.2, 0) is 23.7 Å². The van der Waals surface area contributed by atoms with Crippen molar-refractivity contribution in [1.29, 1.82) is 0 Å². The van der Waals surface area contributed by atoms with E-state index in [2.05, 4.69) is 0 Å². The maximum atomic E-state index is 13.7. The summed E-state index contributed by atoms with van der Waals surface area (Å²) in [5.41, 5.74) is 1.02. The fourth-order valence-corrected chi connectivity index (χ4v) is 6.48. The first-order chi connectivity index (χ1) is 24.9. The van der Waals surface area contributed by atoms with E-state index in [1.54, 1.807) is 121 Å². The lowest BCUT2D eigenvalue weighted by atomic mass is 9.98. The van der Waals surface area contributed by atoms with Crippen LogP contribution < -0.4 is 0 Å². The molecule has 1 saturated heterocycles. The van der Waals surface area contributed by atoms with Gasteiger partial charge in [0.15, 0.2) is 18.3 Å². The molecule has 10 heteroatoms. The average Bonchev–Trinajstić information content (AvgIpc) is 3.18. The number of hydrogen-bond donors (Lipinski definition) is 0. The molecule has 1 heterocycles. The minimum absolute atomic E-state index is 0.222. The van der Waals surface area contributed by atoms with E-state index in [0.29, 0.717) is 5.56 Å². The predicted octanol–water partition coefficient (Wildman–Crippen LogP) is 7.35. The molecular weight excluding hydrogens is 669 g/mol. The highest BCUT2D eigenvalue weighted by molar-refractivity contribution is 7.99. The SMILES string of the molecule is Cc1ccc(S[C@H]2O[C@H](COC(=O)c3ccccc3)[C@@H](OC(=O)c3ccccc3)[C@H](OC(=O)c3ccccc3)[C@H]2OC(=O)c2ccccc2)cc1. The molecule has 1 fully saturated rings. The normalized spacial score (nSPS) is 19.7. The van der Waals surface area contributed by atoms with E-state index >= 15 is 0 Å². The molecule has 0 N–H and O–H groups in total. The van der Waals surface area contributed by atoms with Gasteiger partial charge in [0.2, 0.25) is 0 Å². The topological polar surface area (TPSA) is 114 Å². The molecule has 0 unspecified atom stereocenters. The second-order valence-electron chi connectivity index (χ2n) is 11.6. The quantitative estimate of drug-likeness (QED) is 0.102. The van der Waals surface area contributed by atoms with E-state index in [-0.39, 0.29) is 23.3 Å². The van der Waals surface area contributed by atoms with Crippen molar-refractivity contribution in [3.8, 4) is 0 Å². The number of carbonyl (C=O) groups excluding carboxylic acids is 4. The summed E-state index contributed by atoms with van der Waals surface area (Å²) in [5, 5.41) is 0. The maximum absolute atomic E-state index is 13.7. The molecule has 9 nitrogen and oxygen atoms in total. The van der Waals surface area contributed by atoms with Crippen LogP contribution in [0, 0.1) is 6.92 Å². The Morgan fingerprint density at radius 3 is 1.35 bits per heavy atom. The third-order valence-corrected chi connectivity index (χ3v) is 9.17. The smallest absolute Gasteiger partial charge is 0.338 e. The van der Waals surface area contributed by atoms with Crippen LogP contribution in [0.5, 0.6) is 0 Å². The molecule has 0 radical (unpaired) electrons. The third-order valence-electron chi connectivity index (χ3n) is 8.01. The van der Waals surface area contributed by atoms with Gasteiger partial charge >= 0.3 is 23.9 Å². The molecule has 258 valence electrons. The van der Waals surface area contributed by atoms with E-state index in [1.165, 1.54) is 11.8 Å². The van der Waals surface area contributed by atoms with Crippen LogP contribution in [0.4, 0.5) is 0 Å². The Labute approximate surface area is 299 Å². The van der Waals surface area contributed by atoms with E-state index in [1.807, 2.05) is 31.2 Å². The second kappa shape index (κ2) is 16.8. The zero-order chi connectivity index (χ0) is 35.6. The Morgan fingerprint density at radius 2 is 0.902 bits per heavy atom. The van der Waals surface area contributed by atoms with Gasteiger partial charge in [0.05, 0.1) is 22.3 Å². The predicted molar refractivity (Wildman–Crippen MR) is 189 cm³/mol. The molecule has 0 saturated carbocycles. The van der Waals surface area contributed by atoms with Gasteiger partial charge in [0.25, 0.3) is 0 Å². The Morgan fingerprint density at radius 1 is 0.510 bits per heavy atom. The molecular formula is C41H34O9S. The van der Waals surface area contributed by atoms with Gasteiger partial charge in [-0.3, -0.25) is 0 Å². The Kier molecular flexibility index (Phi) is 11.6. The minimum atomic E-state index is -1.41. The van der Waals surface area contributed by atoms with Crippen molar-refractivity contribution in [3.05, 3.63) is 173 Å². The highest BCUT2D eigenvalue weighted by Crippen LogP contribution is 2.38. The van der Waals surface area contributed by atoms with Crippen molar-refractivity contribution >= 4 is 35.6 Å². The largest absolute Gasteiger partial charge is 0.459 e. The lowest BCUT2D eigenvalue weighted by Gasteiger charge is -2.44. The first kappa shape index (κ1) is 35.1. The Bertz CT molecular complexity index is 1920. The number of carbonyl (C=O) groups is 4. The molecule has 5 atom stereocenters. The zero-order valence-corrected chi connectivity index (χ0v) is 28.3. The number of aryl methyl sites for hydroxylation is 1. The van der Waals surface area contributed by atoms with Crippen LogP contribution in [-0.4, -0.2) is 60.3 Å².